The predicted molar refractivity (Wildman–Crippen MR) is 60.5 cm³/mol. The third-order valence-corrected chi connectivity index (χ3v) is 3.02. The van der Waals surface area contributed by atoms with Gasteiger partial charge in [-0.1, -0.05) is 37.9 Å². The average molecular weight is 309 g/mol. The Morgan fingerprint density at radius 3 is 2.46 bits per heavy atom. The highest BCUT2D eigenvalue weighted by Gasteiger charge is 2.14. The molecule has 13 heavy (non-hydrogen) atoms. The average Bonchev–Trinajstić information content (AvgIpc) is 2.03. The van der Waals surface area contributed by atoms with Crippen LogP contribution < -0.4 is 5.73 Å². The molecule has 0 fully saturated rings. The molecule has 0 heterocycles. The minimum Gasteiger partial charge on any atom is -0.391 e. The fourth-order valence-electron chi connectivity index (χ4n) is 1.03. The zero-order chi connectivity index (χ0) is 10.0. The van der Waals surface area contributed by atoms with Crippen LogP contribution in [-0.4, -0.2) is 11.2 Å². The third-order valence-electron chi connectivity index (χ3n) is 1.84. The minimum atomic E-state index is -0.544. The smallest absolute Gasteiger partial charge is 0.0705 e. The van der Waals surface area contributed by atoms with E-state index in [9.17, 15) is 5.11 Å². The summed E-state index contributed by atoms with van der Waals surface area (Å²) in [4.78, 5) is 0. The van der Waals surface area contributed by atoms with E-state index in [0.29, 0.717) is 0 Å². The maximum atomic E-state index is 9.31. The summed E-state index contributed by atoms with van der Waals surface area (Å²) < 4.78 is 1.90. The van der Waals surface area contributed by atoms with Gasteiger partial charge in [0.1, 0.15) is 0 Å². The predicted octanol–water partition coefficient (Wildman–Crippen LogP) is 2.59. The second-order valence-corrected chi connectivity index (χ2v) is 4.70. The zero-order valence-electron chi connectivity index (χ0n) is 7.17. The van der Waals surface area contributed by atoms with Crippen molar-refractivity contribution in [3.8, 4) is 0 Å². The molecule has 1 aromatic carbocycles. The molecule has 4 heteroatoms. The Labute approximate surface area is 94.4 Å². The Balaban J connectivity index is 3.01. The molecular weight excluding hydrogens is 298 g/mol. The first-order chi connectivity index (χ1) is 6.02. The lowest BCUT2D eigenvalue weighted by Crippen LogP contribution is -2.23. The molecule has 72 valence electrons. The quantitative estimate of drug-likeness (QED) is 0.882. The SMILES string of the molecule is C[C@@H](O)[C@H](N)c1ccc(Br)cc1Br. The van der Waals surface area contributed by atoms with Crippen LogP contribution in [0.1, 0.15) is 18.5 Å². The molecule has 0 spiro atoms. The van der Waals surface area contributed by atoms with E-state index in [1.165, 1.54) is 0 Å². The van der Waals surface area contributed by atoms with Crippen LogP contribution >= 0.6 is 31.9 Å². The van der Waals surface area contributed by atoms with Crippen LogP contribution in [0.25, 0.3) is 0 Å². The van der Waals surface area contributed by atoms with Gasteiger partial charge in [-0.05, 0) is 24.6 Å². The molecule has 0 saturated carbocycles. The molecule has 1 aromatic rings. The van der Waals surface area contributed by atoms with E-state index in [2.05, 4.69) is 31.9 Å². The van der Waals surface area contributed by atoms with Crippen molar-refractivity contribution in [1.29, 1.82) is 0 Å². The number of halogens is 2. The maximum Gasteiger partial charge on any atom is 0.0705 e. The van der Waals surface area contributed by atoms with Crippen LogP contribution in [0.4, 0.5) is 0 Å². The van der Waals surface area contributed by atoms with E-state index in [-0.39, 0.29) is 6.04 Å². The Hall–Kier alpha value is 0.1000. The summed E-state index contributed by atoms with van der Waals surface area (Å²) in [5.41, 5.74) is 6.71. The highest BCUT2D eigenvalue weighted by molar-refractivity contribution is 9.11. The molecule has 0 aromatic heterocycles. The van der Waals surface area contributed by atoms with Crippen LogP contribution in [0.15, 0.2) is 27.1 Å². The van der Waals surface area contributed by atoms with Crippen LogP contribution in [0.2, 0.25) is 0 Å². The molecule has 1 rings (SSSR count). The van der Waals surface area contributed by atoms with Gasteiger partial charge >= 0.3 is 0 Å². The summed E-state index contributed by atoms with van der Waals surface area (Å²) in [6.45, 7) is 1.68. The van der Waals surface area contributed by atoms with Gasteiger partial charge in [0, 0.05) is 8.95 Å². The van der Waals surface area contributed by atoms with Crippen molar-refractivity contribution in [1.82, 2.24) is 0 Å². The maximum absolute atomic E-state index is 9.31. The number of rotatable bonds is 2. The Kier molecular flexibility index (Phi) is 3.91. The third kappa shape index (κ3) is 2.77. The second-order valence-electron chi connectivity index (χ2n) is 2.93. The highest BCUT2D eigenvalue weighted by atomic mass is 79.9. The first-order valence-electron chi connectivity index (χ1n) is 3.91. The Bertz CT molecular complexity index is 302. The fourth-order valence-corrected chi connectivity index (χ4v) is 2.34. The van der Waals surface area contributed by atoms with Crippen LogP contribution in [-0.2, 0) is 0 Å². The van der Waals surface area contributed by atoms with Gasteiger partial charge in [0.05, 0.1) is 12.1 Å². The van der Waals surface area contributed by atoms with E-state index in [1.807, 2.05) is 18.2 Å². The summed E-state index contributed by atoms with van der Waals surface area (Å²) >= 11 is 6.74. The monoisotopic (exact) mass is 307 g/mol. The van der Waals surface area contributed by atoms with E-state index < -0.39 is 6.10 Å². The molecule has 2 nitrogen and oxygen atoms in total. The molecule has 0 radical (unpaired) electrons. The van der Waals surface area contributed by atoms with Gasteiger partial charge in [0.2, 0.25) is 0 Å². The summed E-state index contributed by atoms with van der Waals surface area (Å²) in [6.07, 6.45) is -0.544. The van der Waals surface area contributed by atoms with Crippen LogP contribution in [0, 0.1) is 0 Å². The molecule has 2 atom stereocenters. The number of aliphatic hydroxyl groups excluding tert-OH is 1. The van der Waals surface area contributed by atoms with Crippen molar-refractivity contribution in [2.45, 2.75) is 19.1 Å². The van der Waals surface area contributed by atoms with Gasteiger partial charge in [0.15, 0.2) is 0 Å². The van der Waals surface area contributed by atoms with E-state index >= 15 is 0 Å². The minimum absolute atomic E-state index is 0.345. The topological polar surface area (TPSA) is 46.2 Å². The first kappa shape index (κ1) is 11.2. The summed E-state index contributed by atoms with van der Waals surface area (Å²) in [7, 11) is 0. The van der Waals surface area contributed by atoms with Gasteiger partial charge in [0.25, 0.3) is 0 Å². The molecular formula is C9H11Br2NO. The Morgan fingerprint density at radius 1 is 1.38 bits per heavy atom. The number of aliphatic hydroxyl groups is 1. The first-order valence-corrected chi connectivity index (χ1v) is 5.49. The van der Waals surface area contributed by atoms with Gasteiger partial charge in [-0.25, -0.2) is 0 Å². The molecule has 0 aliphatic rings. The van der Waals surface area contributed by atoms with Crippen LogP contribution in [0.5, 0.6) is 0 Å². The number of hydrogen-bond donors (Lipinski definition) is 2. The molecule has 0 saturated heterocycles. The molecule has 0 unspecified atom stereocenters. The number of hydrogen-bond acceptors (Lipinski definition) is 2. The standard InChI is InChI=1S/C9H11Br2NO/c1-5(13)9(12)7-3-2-6(10)4-8(7)11/h2-5,9,13H,12H2,1H3/t5-,9+/m1/s1. The summed E-state index contributed by atoms with van der Waals surface area (Å²) in [5.74, 6) is 0. The van der Waals surface area contributed by atoms with Gasteiger partial charge < -0.3 is 10.8 Å². The number of nitrogens with two attached hydrogens (primary N) is 1. The zero-order valence-corrected chi connectivity index (χ0v) is 10.3. The summed E-state index contributed by atoms with van der Waals surface area (Å²) in [5, 5.41) is 9.31. The molecule has 0 aliphatic carbocycles. The highest BCUT2D eigenvalue weighted by Crippen LogP contribution is 2.27. The lowest BCUT2D eigenvalue weighted by atomic mass is 10.0. The van der Waals surface area contributed by atoms with E-state index in [0.717, 1.165) is 14.5 Å². The molecule has 0 amide bonds. The van der Waals surface area contributed by atoms with Crippen molar-refractivity contribution >= 4 is 31.9 Å². The second kappa shape index (κ2) is 4.55. The van der Waals surface area contributed by atoms with Crippen molar-refractivity contribution < 1.29 is 5.11 Å². The lowest BCUT2D eigenvalue weighted by Gasteiger charge is -2.16. The summed E-state index contributed by atoms with van der Waals surface area (Å²) in [6, 6.07) is 5.37. The van der Waals surface area contributed by atoms with Gasteiger partial charge in [-0.2, -0.15) is 0 Å². The van der Waals surface area contributed by atoms with Gasteiger partial charge in [-0.15, -0.1) is 0 Å². The molecule has 0 aliphatic heterocycles. The normalized spacial score (nSPS) is 15.5. The number of benzene rings is 1. The van der Waals surface area contributed by atoms with Crippen LogP contribution in [0.3, 0.4) is 0 Å². The molecule has 0 bridgehead atoms. The van der Waals surface area contributed by atoms with E-state index in [4.69, 9.17) is 5.73 Å². The fraction of sp³-hybridized carbons (Fsp3) is 0.333. The van der Waals surface area contributed by atoms with Crippen molar-refractivity contribution in [2.24, 2.45) is 5.73 Å². The van der Waals surface area contributed by atoms with Crippen molar-refractivity contribution in [2.75, 3.05) is 0 Å². The van der Waals surface area contributed by atoms with E-state index in [1.54, 1.807) is 6.92 Å². The largest absolute Gasteiger partial charge is 0.391 e. The lowest BCUT2D eigenvalue weighted by molar-refractivity contribution is 0.164. The van der Waals surface area contributed by atoms with Crippen molar-refractivity contribution in [3.63, 3.8) is 0 Å². The Morgan fingerprint density at radius 2 is 2.00 bits per heavy atom. The van der Waals surface area contributed by atoms with Crippen molar-refractivity contribution in [3.05, 3.63) is 32.7 Å². The van der Waals surface area contributed by atoms with Gasteiger partial charge in [-0.3, -0.25) is 0 Å². The molecule has 3 N–H and O–H groups in total.